The molecule has 2 aromatic rings. The zero-order valence-electron chi connectivity index (χ0n) is 10.8. The molecule has 0 radical (unpaired) electrons. The third-order valence-electron chi connectivity index (χ3n) is 2.97. The Bertz CT molecular complexity index is 649. The van der Waals surface area contributed by atoms with E-state index >= 15 is 0 Å². The van der Waals surface area contributed by atoms with Gasteiger partial charge in [-0.1, -0.05) is 11.6 Å². The highest BCUT2D eigenvalue weighted by molar-refractivity contribution is 14.1. The molecule has 1 aromatic carbocycles. The summed E-state index contributed by atoms with van der Waals surface area (Å²) < 4.78 is 6.37. The summed E-state index contributed by atoms with van der Waals surface area (Å²) in [5.74, 6) is 1.25. The summed E-state index contributed by atoms with van der Waals surface area (Å²) in [5.41, 5.74) is 2.22. The number of carbonyl (C=O) groups is 1. The molecule has 1 heterocycles. The van der Waals surface area contributed by atoms with E-state index in [-0.39, 0.29) is 5.91 Å². The lowest BCUT2D eigenvalue weighted by atomic mass is 10.1. The molecular formula is C14H13ClINO2. The third kappa shape index (κ3) is 2.95. The normalized spacial score (nSPS) is 10.6. The second-order valence-corrected chi connectivity index (χ2v) is 5.89. The number of carbonyl (C=O) groups excluding carboxylic acids is 1. The SMILES string of the molecule is Cc1oc(C)c(C(=O)Nc2ccc(Cl)cc2I)c1C. The van der Waals surface area contributed by atoms with Gasteiger partial charge in [-0.15, -0.1) is 0 Å². The smallest absolute Gasteiger partial charge is 0.259 e. The van der Waals surface area contributed by atoms with Crippen molar-refractivity contribution >= 4 is 45.8 Å². The molecule has 0 bridgehead atoms. The van der Waals surface area contributed by atoms with Crippen molar-refractivity contribution in [3.8, 4) is 0 Å². The molecule has 1 aromatic heterocycles. The van der Waals surface area contributed by atoms with E-state index < -0.39 is 0 Å². The molecule has 19 heavy (non-hydrogen) atoms. The maximum absolute atomic E-state index is 12.3. The topological polar surface area (TPSA) is 42.2 Å². The molecule has 1 N–H and O–H groups in total. The molecular weight excluding hydrogens is 377 g/mol. The van der Waals surface area contributed by atoms with Crippen molar-refractivity contribution < 1.29 is 9.21 Å². The Kier molecular flexibility index (Phi) is 4.20. The number of benzene rings is 1. The first-order chi connectivity index (χ1) is 8.90. The van der Waals surface area contributed by atoms with Crippen molar-refractivity contribution in [2.24, 2.45) is 0 Å². The van der Waals surface area contributed by atoms with E-state index in [2.05, 4.69) is 27.9 Å². The van der Waals surface area contributed by atoms with Gasteiger partial charge in [-0.3, -0.25) is 4.79 Å². The Hall–Kier alpha value is -1.01. The minimum absolute atomic E-state index is 0.160. The van der Waals surface area contributed by atoms with Gasteiger partial charge < -0.3 is 9.73 Å². The summed E-state index contributed by atoms with van der Waals surface area (Å²) in [6, 6.07) is 5.34. The lowest BCUT2D eigenvalue weighted by Gasteiger charge is -2.08. The minimum atomic E-state index is -0.160. The molecule has 0 spiro atoms. The molecule has 0 aliphatic carbocycles. The first-order valence-electron chi connectivity index (χ1n) is 5.73. The monoisotopic (exact) mass is 389 g/mol. The maximum atomic E-state index is 12.3. The Morgan fingerprint density at radius 2 is 1.95 bits per heavy atom. The maximum Gasteiger partial charge on any atom is 0.259 e. The highest BCUT2D eigenvalue weighted by Crippen LogP contribution is 2.25. The number of anilines is 1. The number of aryl methyl sites for hydroxylation is 2. The van der Waals surface area contributed by atoms with Gasteiger partial charge in [0.05, 0.1) is 11.3 Å². The van der Waals surface area contributed by atoms with Crippen LogP contribution in [0.25, 0.3) is 0 Å². The standard InChI is InChI=1S/C14H13ClINO2/c1-7-8(2)19-9(3)13(7)14(18)17-12-5-4-10(15)6-11(12)16/h4-6H,1-3H3,(H,17,18). The number of halogens is 2. The third-order valence-corrected chi connectivity index (χ3v) is 4.10. The van der Waals surface area contributed by atoms with Crippen molar-refractivity contribution in [2.75, 3.05) is 5.32 Å². The first kappa shape index (κ1) is 14.4. The van der Waals surface area contributed by atoms with Gasteiger partial charge in [0, 0.05) is 14.2 Å². The van der Waals surface area contributed by atoms with E-state index in [9.17, 15) is 4.79 Å². The molecule has 2 rings (SSSR count). The van der Waals surface area contributed by atoms with Gasteiger partial charge in [0.15, 0.2) is 0 Å². The molecule has 0 fully saturated rings. The van der Waals surface area contributed by atoms with Crippen molar-refractivity contribution in [3.63, 3.8) is 0 Å². The fourth-order valence-electron chi connectivity index (χ4n) is 1.90. The van der Waals surface area contributed by atoms with Crippen LogP contribution in [0, 0.1) is 24.3 Å². The first-order valence-corrected chi connectivity index (χ1v) is 7.19. The van der Waals surface area contributed by atoms with Crippen molar-refractivity contribution in [1.29, 1.82) is 0 Å². The van der Waals surface area contributed by atoms with E-state index in [0.29, 0.717) is 16.3 Å². The van der Waals surface area contributed by atoms with E-state index in [1.54, 1.807) is 25.1 Å². The van der Waals surface area contributed by atoms with Crippen molar-refractivity contribution in [2.45, 2.75) is 20.8 Å². The van der Waals surface area contributed by atoms with Crippen LogP contribution in [0.1, 0.15) is 27.4 Å². The molecule has 1 amide bonds. The minimum Gasteiger partial charge on any atom is -0.466 e. The molecule has 0 saturated heterocycles. The molecule has 0 atom stereocenters. The second-order valence-electron chi connectivity index (χ2n) is 4.29. The van der Waals surface area contributed by atoms with Gasteiger partial charge in [-0.25, -0.2) is 0 Å². The van der Waals surface area contributed by atoms with Crippen LogP contribution in [0.15, 0.2) is 22.6 Å². The Morgan fingerprint density at radius 1 is 1.26 bits per heavy atom. The number of amides is 1. The number of hydrogen-bond donors (Lipinski definition) is 1. The van der Waals surface area contributed by atoms with Gasteiger partial charge in [0.1, 0.15) is 11.5 Å². The van der Waals surface area contributed by atoms with Crippen LogP contribution in [0.3, 0.4) is 0 Å². The number of nitrogens with one attached hydrogen (secondary N) is 1. The average molecular weight is 390 g/mol. The van der Waals surface area contributed by atoms with Crippen LogP contribution >= 0.6 is 34.2 Å². The molecule has 5 heteroatoms. The largest absolute Gasteiger partial charge is 0.466 e. The van der Waals surface area contributed by atoms with Crippen LogP contribution in [-0.4, -0.2) is 5.91 Å². The van der Waals surface area contributed by atoms with Crippen LogP contribution < -0.4 is 5.32 Å². The van der Waals surface area contributed by atoms with E-state index in [4.69, 9.17) is 16.0 Å². The Labute approximate surface area is 130 Å². The summed E-state index contributed by atoms with van der Waals surface area (Å²) in [6.07, 6.45) is 0. The fourth-order valence-corrected chi connectivity index (χ4v) is 2.91. The molecule has 0 aliphatic rings. The molecule has 3 nitrogen and oxygen atoms in total. The van der Waals surface area contributed by atoms with Crippen LogP contribution in [0.5, 0.6) is 0 Å². The zero-order chi connectivity index (χ0) is 14.2. The Balaban J connectivity index is 2.31. The van der Waals surface area contributed by atoms with Crippen molar-refractivity contribution in [3.05, 3.63) is 49.4 Å². The second kappa shape index (κ2) is 5.54. The predicted octanol–water partition coefficient (Wildman–Crippen LogP) is 4.72. The molecule has 100 valence electrons. The number of hydrogen-bond acceptors (Lipinski definition) is 2. The highest BCUT2D eigenvalue weighted by Gasteiger charge is 2.19. The van der Waals surface area contributed by atoms with Gasteiger partial charge >= 0.3 is 0 Å². The number of furan rings is 1. The summed E-state index contributed by atoms with van der Waals surface area (Å²) >= 11 is 8.03. The summed E-state index contributed by atoms with van der Waals surface area (Å²) in [6.45, 7) is 5.53. The molecule has 0 unspecified atom stereocenters. The Morgan fingerprint density at radius 3 is 2.47 bits per heavy atom. The lowest BCUT2D eigenvalue weighted by Crippen LogP contribution is -2.14. The van der Waals surface area contributed by atoms with Gasteiger partial charge in [-0.2, -0.15) is 0 Å². The van der Waals surface area contributed by atoms with Crippen LogP contribution in [0.4, 0.5) is 5.69 Å². The van der Waals surface area contributed by atoms with Gasteiger partial charge in [0.2, 0.25) is 0 Å². The van der Waals surface area contributed by atoms with E-state index in [1.807, 2.05) is 13.8 Å². The zero-order valence-corrected chi connectivity index (χ0v) is 13.7. The van der Waals surface area contributed by atoms with Crippen LogP contribution in [-0.2, 0) is 0 Å². The van der Waals surface area contributed by atoms with E-state index in [0.717, 1.165) is 20.6 Å². The lowest BCUT2D eigenvalue weighted by molar-refractivity contribution is 0.102. The summed E-state index contributed by atoms with van der Waals surface area (Å²) in [4.78, 5) is 12.3. The average Bonchev–Trinajstić information content (AvgIpc) is 2.57. The van der Waals surface area contributed by atoms with Crippen LogP contribution in [0.2, 0.25) is 5.02 Å². The van der Waals surface area contributed by atoms with E-state index in [1.165, 1.54) is 0 Å². The number of rotatable bonds is 2. The fraction of sp³-hybridized carbons (Fsp3) is 0.214. The summed E-state index contributed by atoms with van der Waals surface area (Å²) in [7, 11) is 0. The highest BCUT2D eigenvalue weighted by atomic mass is 127. The molecule has 0 saturated carbocycles. The molecule has 0 aliphatic heterocycles. The predicted molar refractivity (Wildman–Crippen MR) is 85.0 cm³/mol. The summed E-state index contributed by atoms with van der Waals surface area (Å²) in [5, 5.41) is 3.53. The van der Waals surface area contributed by atoms with Crippen molar-refractivity contribution in [1.82, 2.24) is 0 Å². The van der Waals surface area contributed by atoms with Gasteiger partial charge in [0.25, 0.3) is 5.91 Å². The quantitative estimate of drug-likeness (QED) is 0.756. The van der Waals surface area contributed by atoms with Gasteiger partial charge in [-0.05, 0) is 61.6 Å².